The number of ether oxygens (including phenoxy) is 3. The van der Waals surface area contributed by atoms with E-state index in [9.17, 15) is 4.79 Å². The quantitative estimate of drug-likeness (QED) is 0.603. The molecule has 0 bridgehead atoms. The van der Waals surface area contributed by atoms with Crippen molar-refractivity contribution in [1.29, 1.82) is 0 Å². The predicted molar refractivity (Wildman–Crippen MR) is 109 cm³/mol. The van der Waals surface area contributed by atoms with Gasteiger partial charge in [-0.25, -0.2) is 4.79 Å². The van der Waals surface area contributed by atoms with Crippen molar-refractivity contribution >= 4 is 33.2 Å². The predicted octanol–water partition coefficient (Wildman–Crippen LogP) is 4.49. The summed E-state index contributed by atoms with van der Waals surface area (Å²) in [6.07, 6.45) is 0.545. The van der Waals surface area contributed by atoms with Crippen LogP contribution in [0, 0.1) is 0 Å². The van der Waals surface area contributed by atoms with Crippen LogP contribution in [0.1, 0.15) is 34.6 Å². The molecule has 0 amide bonds. The first-order valence-corrected chi connectivity index (χ1v) is 10.6. The molecule has 1 saturated heterocycles. The van der Waals surface area contributed by atoms with Crippen molar-refractivity contribution in [3.05, 3.63) is 50.1 Å². The zero-order valence-corrected chi connectivity index (χ0v) is 18.1. The molecule has 1 aromatic heterocycles. The summed E-state index contributed by atoms with van der Waals surface area (Å²) in [5.74, 6) is 0.150. The molecule has 7 heteroatoms. The first-order valence-electron chi connectivity index (χ1n) is 8.90. The van der Waals surface area contributed by atoms with Gasteiger partial charge in [0.15, 0.2) is 10.6 Å². The molecule has 2 heterocycles. The zero-order valence-electron chi connectivity index (χ0n) is 15.7. The maximum absolute atomic E-state index is 11.8. The summed E-state index contributed by atoms with van der Waals surface area (Å²) in [5, 5.41) is 1.83. The van der Waals surface area contributed by atoms with Gasteiger partial charge in [-0.3, -0.25) is 4.90 Å². The van der Waals surface area contributed by atoms with Crippen LogP contribution in [0.25, 0.3) is 0 Å². The Morgan fingerprint density at radius 1 is 1.22 bits per heavy atom. The van der Waals surface area contributed by atoms with E-state index in [1.807, 2.05) is 5.38 Å². The van der Waals surface area contributed by atoms with Crippen LogP contribution in [0.3, 0.4) is 0 Å². The second-order valence-corrected chi connectivity index (χ2v) is 8.52. The molecular formula is C20H24BrNO4S. The topological polar surface area (TPSA) is 48.0 Å². The Hall–Kier alpha value is -1.41. The SMILES string of the molecule is COC(=O)c1scc(Br)c1OCc1ccc(CN2C[C@@H](C)O[C@@H](C)C2)cc1. The molecule has 1 aliphatic rings. The van der Waals surface area contributed by atoms with E-state index in [4.69, 9.17) is 14.2 Å². The largest absolute Gasteiger partial charge is 0.486 e. The molecule has 2 atom stereocenters. The minimum absolute atomic E-state index is 0.273. The summed E-state index contributed by atoms with van der Waals surface area (Å²) in [6, 6.07) is 8.40. The Bertz CT molecular complexity index is 767. The number of methoxy groups -OCH3 is 1. The smallest absolute Gasteiger partial charge is 0.351 e. The molecule has 2 aromatic rings. The summed E-state index contributed by atoms with van der Waals surface area (Å²) in [5.41, 5.74) is 2.32. The summed E-state index contributed by atoms with van der Waals surface area (Å²) < 4.78 is 17.2. The Balaban J connectivity index is 1.59. The number of rotatable bonds is 6. The third-order valence-electron chi connectivity index (χ3n) is 4.38. The number of hydrogen-bond donors (Lipinski definition) is 0. The highest BCUT2D eigenvalue weighted by atomic mass is 79.9. The molecule has 0 aliphatic carbocycles. The summed E-state index contributed by atoms with van der Waals surface area (Å²) >= 11 is 4.73. The van der Waals surface area contributed by atoms with Crippen molar-refractivity contribution < 1.29 is 19.0 Å². The van der Waals surface area contributed by atoms with Crippen molar-refractivity contribution in [3.63, 3.8) is 0 Å². The molecule has 0 N–H and O–H groups in total. The average molecular weight is 454 g/mol. The van der Waals surface area contributed by atoms with Crippen molar-refractivity contribution in [3.8, 4) is 5.75 Å². The lowest BCUT2D eigenvalue weighted by atomic mass is 10.1. The van der Waals surface area contributed by atoms with Gasteiger partial charge in [0.25, 0.3) is 0 Å². The lowest BCUT2D eigenvalue weighted by Crippen LogP contribution is -2.44. The van der Waals surface area contributed by atoms with Crippen LogP contribution >= 0.6 is 27.3 Å². The van der Waals surface area contributed by atoms with Crippen molar-refractivity contribution in [1.82, 2.24) is 4.90 Å². The molecule has 1 fully saturated rings. The highest BCUT2D eigenvalue weighted by Crippen LogP contribution is 2.36. The van der Waals surface area contributed by atoms with E-state index in [0.29, 0.717) is 17.2 Å². The van der Waals surface area contributed by atoms with Crippen LogP contribution in [0.5, 0.6) is 5.75 Å². The van der Waals surface area contributed by atoms with Crippen LogP contribution in [0.2, 0.25) is 0 Å². The molecular weight excluding hydrogens is 430 g/mol. The molecule has 0 spiro atoms. The van der Waals surface area contributed by atoms with Gasteiger partial charge in [-0.2, -0.15) is 0 Å². The number of nitrogens with zero attached hydrogens (tertiary/aromatic N) is 1. The van der Waals surface area contributed by atoms with Gasteiger partial charge >= 0.3 is 5.97 Å². The summed E-state index contributed by atoms with van der Waals surface area (Å²) in [4.78, 5) is 14.7. The maximum Gasteiger partial charge on any atom is 0.351 e. The number of thiophene rings is 1. The molecule has 1 aliphatic heterocycles. The van der Waals surface area contributed by atoms with Gasteiger partial charge in [-0.15, -0.1) is 11.3 Å². The Morgan fingerprint density at radius 2 is 1.85 bits per heavy atom. The fourth-order valence-corrected chi connectivity index (χ4v) is 4.77. The fraction of sp³-hybridized carbons (Fsp3) is 0.450. The number of carbonyl (C=O) groups is 1. The second kappa shape index (κ2) is 9.19. The molecule has 5 nitrogen and oxygen atoms in total. The van der Waals surface area contributed by atoms with Gasteiger partial charge in [0, 0.05) is 25.0 Å². The molecule has 0 radical (unpaired) electrons. The van der Waals surface area contributed by atoms with Crippen molar-refractivity contribution in [2.75, 3.05) is 20.2 Å². The van der Waals surface area contributed by atoms with Crippen LogP contribution in [-0.2, 0) is 22.6 Å². The third kappa shape index (κ3) is 5.31. The third-order valence-corrected chi connectivity index (χ3v) is 6.22. The number of benzene rings is 1. The number of morpholine rings is 1. The maximum atomic E-state index is 11.8. The first kappa shape index (κ1) is 20.3. The average Bonchev–Trinajstić information content (AvgIpc) is 3.00. The normalized spacial score (nSPS) is 20.4. The van der Waals surface area contributed by atoms with Crippen LogP contribution < -0.4 is 4.74 Å². The van der Waals surface area contributed by atoms with E-state index < -0.39 is 0 Å². The lowest BCUT2D eigenvalue weighted by molar-refractivity contribution is -0.0704. The van der Waals surface area contributed by atoms with Gasteiger partial charge < -0.3 is 14.2 Å². The lowest BCUT2D eigenvalue weighted by Gasteiger charge is -2.35. The van der Waals surface area contributed by atoms with Crippen LogP contribution in [0.15, 0.2) is 34.1 Å². The van der Waals surface area contributed by atoms with Gasteiger partial charge in [0.1, 0.15) is 6.61 Å². The van der Waals surface area contributed by atoms with Crippen molar-refractivity contribution in [2.24, 2.45) is 0 Å². The van der Waals surface area contributed by atoms with E-state index in [1.165, 1.54) is 24.0 Å². The fourth-order valence-electron chi connectivity index (χ4n) is 3.26. The highest BCUT2D eigenvalue weighted by molar-refractivity contribution is 9.10. The van der Waals surface area contributed by atoms with Gasteiger partial charge in [0.2, 0.25) is 0 Å². The first-order chi connectivity index (χ1) is 13.0. The van der Waals surface area contributed by atoms with E-state index in [2.05, 4.69) is 58.9 Å². The second-order valence-electron chi connectivity index (χ2n) is 6.79. The standard InChI is InChI=1S/C20H24BrNO4S/c1-13-8-22(9-14(2)26-13)10-15-4-6-16(7-5-15)11-25-18-17(21)12-27-19(18)20(23)24-3/h4-7,12-14H,8-11H2,1-3H3/t13-,14+. The summed E-state index contributed by atoms with van der Waals surface area (Å²) in [6.45, 7) is 7.46. The van der Waals surface area contributed by atoms with Gasteiger partial charge in [-0.05, 0) is 40.9 Å². The number of esters is 1. The van der Waals surface area contributed by atoms with E-state index in [1.54, 1.807) is 0 Å². The number of hydrogen-bond acceptors (Lipinski definition) is 6. The zero-order chi connectivity index (χ0) is 19.4. The van der Waals surface area contributed by atoms with E-state index in [0.717, 1.165) is 29.7 Å². The molecule has 3 rings (SSSR count). The summed E-state index contributed by atoms with van der Waals surface area (Å²) in [7, 11) is 1.37. The number of carbonyl (C=O) groups excluding carboxylic acids is 1. The van der Waals surface area contributed by atoms with Crippen LogP contribution in [0.4, 0.5) is 0 Å². The monoisotopic (exact) mass is 453 g/mol. The highest BCUT2D eigenvalue weighted by Gasteiger charge is 2.22. The minimum atomic E-state index is -0.384. The Labute approximate surface area is 172 Å². The van der Waals surface area contributed by atoms with Crippen molar-refractivity contribution in [2.45, 2.75) is 39.2 Å². The van der Waals surface area contributed by atoms with Gasteiger partial charge in [0.05, 0.1) is 23.8 Å². The molecule has 0 saturated carbocycles. The number of halogens is 1. The molecule has 146 valence electrons. The minimum Gasteiger partial charge on any atom is -0.486 e. The van der Waals surface area contributed by atoms with E-state index in [-0.39, 0.29) is 18.2 Å². The molecule has 27 heavy (non-hydrogen) atoms. The molecule has 1 aromatic carbocycles. The Morgan fingerprint density at radius 3 is 2.48 bits per heavy atom. The van der Waals surface area contributed by atoms with Crippen LogP contribution in [-0.4, -0.2) is 43.3 Å². The Kier molecular flexibility index (Phi) is 6.92. The van der Waals surface area contributed by atoms with Gasteiger partial charge in [-0.1, -0.05) is 24.3 Å². The molecule has 0 unspecified atom stereocenters. The van der Waals surface area contributed by atoms with E-state index >= 15 is 0 Å².